The van der Waals surface area contributed by atoms with Gasteiger partial charge in [-0.1, -0.05) is 27.7 Å². The number of nitrogens with two attached hydrogens (primary N) is 2. The topological polar surface area (TPSA) is 127 Å². The highest BCUT2D eigenvalue weighted by Gasteiger charge is 2.13. The fourth-order valence-electron chi connectivity index (χ4n) is 2.35. The SMILES string of the molecule is CC(C)C[C@@H](CN)CC(=O)O.CC(C)C[C@H](CN)CC(=O)O. The van der Waals surface area contributed by atoms with Gasteiger partial charge in [0.15, 0.2) is 0 Å². The second-order valence-electron chi connectivity index (χ2n) is 6.66. The van der Waals surface area contributed by atoms with Crippen LogP contribution in [0.1, 0.15) is 53.4 Å². The first kappa shape index (κ1) is 23.1. The highest BCUT2D eigenvalue weighted by atomic mass is 16.4. The summed E-state index contributed by atoms with van der Waals surface area (Å²) in [6.45, 7) is 9.25. The molecule has 0 heterocycles. The molecule has 0 unspecified atom stereocenters. The molecule has 0 bridgehead atoms. The zero-order chi connectivity index (χ0) is 17.7. The van der Waals surface area contributed by atoms with E-state index in [4.69, 9.17) is 21.7 Å². The average molecular weight is 318 g/mol. The van der Waals surface area contributed by atoms with E-state index in [1.165, 1.54) is 0 Å². The monoisotopic (exact) mass is 318 g/mol. The molecule has 0 amide bonds. The van der Waals surface area contributed by atoms with Crippen LogP contribution in [-0.2, 0) is 9.59 Å². The second-order valence-corrected chi connectivity index (χ2v) is 6.66. The first-order valence-corrected chi connectivity index (χ1v) is 7.95. The van der Waals surface area contributed by atoms with Crippen LogP contribution in [0.4, 0.5) is 0 Å². The van der Waals surface area contributed by atoms with Gasteiger partial charge in [0, 0.05) is 12.8 Å². The van der Waals surface area contributed by atoms with E-state index in [9.17, 15) is 9.59 Å². The van der Waals surface area contributed by atoms with Crippen molar-refractivity contribution in [3.63, 3.8) is 0 Å². The maximum atomic E-state index is 10.3. The van der Waals surface area contributed by atoms with Crippen LogP contribution in [0.15, 0.2) is 0 Å². The number of carbonyl (C=O) groups is 2. The lowest BCUT2D eigenvalue weighted by molar-refractivity contribution is -0.139. The van der Waals surface area contributed by atoms with E-state index in [2.05, 4.69) is 27.7 Å². The van der Waals surface area contributed by atoms with E-state index in [1.807, 2.05) is 0 Å². The Bertz CT molecular complexity index is 277. The van der Waals surface area contributed by atoms with Gasteiger partial charge >= 0.3 is 11.9 Å². The molecule has 0 aliphatic rings. The van der Waals surface area contributed by atoms with Crippen molar-refractivity contribution in [3.8, 4) is 0 Å². The van der Waals surface area contributed by atoms with Gasteiger partial charge in [-0.3, -0.25) is 9.59 Å². The zero-order valence-corrected chi connectivity index (χ0v) is 14.4. The Balaban J connectivity index is 0. The summed E-state index contributed by atoms with van der Waals surface area (Å²) in [6.07, 6.45) is 2.22. The Labute approximate surface area is 134 Å². The van der Waals surface area contributed by atoms with Crippen LogP contribution in [0.2, 0.25) is 0 Å². The van der Waals surface area contributed by atoms with Crippen molar-refractivity contribution in [1.29, 1.82) is 0 Å². The summed E-state index contributed by atoms with van der Waals surface area (Å²) in [5, 5.41) is 16.9. The third-order valence-electron chi connectivity index (χ3n) is 3.20. The van der Waals surface area contributed by atoms with Crippen LogP contribution < -0.4 is 11.5 Å². The molecule has 0 aliphatic heterocycles. The van der Waals surface area contributed by atoms with E-state index < -0.39 is 11.9 Å². The molecule has 6 nitrogen and oxygen atoms in total. The van der Waals surface area contributed by atoms with Crippen LogP contribution in [-0.4, -0.2) is 35.2 Å². The molecule has 6 N–H and O–H groups in total. The maximum absolute atomic E-state index is 10.3. The van der Waals surface area contributed by atoms with Crippen LogP contribution in [0.3, 0.4) is 0 Å². The molecule has 0 aliphatic carbocycles. The van der Waals surface area contributed by atoms with Gasteiger partial charge in [-0.25, -0.2) is 0 Å². The van der Waals surface area contributed by atoms with Gasteiger partial charge in [0.2, 0.25) is 0 Å². The summed E-state index contributed by atoms with van der Waals surface area (Å²) in [5.74, 6) is -0.145. The molecule has 0 radical (unpaired) electrons. The molecule has 2 atom stereocenters. The third kappa shape index (κ3) is 16.9. The highest BCUT2D eigenvalue weighted by Crippen LogP contribution is 2.14. The minimum atomic E-state index is -0.749. The van der Waals surface area contributed by atoms with E-state index in [0.717, 1.165) is 12.8 Å². The van der Waals surface area contributed by atoms with Gasteiger partial charge in [-0.15, -0.1) is 0 Å². The summed E-state index contributed by atoms with van der Waals surface area (Å²) >= 11 is 0. The predicted octanol–water partition coefficient (Wildman–Crippen LogP) is 2.16. The van der Waals surface area contributed by atoms with E-state index in [-0.39, 0.29) is 24.7 Å². The van der Waals surface area contributed by atoms with Gasteiger partial charge in [-0.05, 0) is 49.6 Å². The first-order chi connectivity index (χ1) is 10.1. The van der Waals surface area contributed by atoms with Gasteiger partial charge in [-0.2, -0.15) is 0 Å². The largest absolute Gasteiger partial charge is 0.481 e. The molecule has 0 rings (SSSR count). The predicted molar refractivity (Wildman–Crippen MR) is 88.5 cm³/mol. The van der Waals surface area contributed by atoms with E-state index >= 15 is 0 Å². The fourth-order valence-corrected chi connectivity index (χ4v) is 2.35. The van der Waals surface area contributed by atoms with Crippen molar-refractivity contribution in [2.45, 2.75) is 53.4 Å². The Kier molecular flexibility index (Phi) is 14.2. The standard InChI is InChI=1S/2C8H17NO2/c2*1-6(2)3-7(5-9)4-8(10)11/h2*6-7H,3-5,9H2,1-2H3,(H,10,11)/t2*7-/m10/s1. The van der Waals surface area contributed by atoms with Gasteiger partial charge in [0.1, 0.15) is 0 Å². The van der Waals surface area contributed by atoms with Crippen molar-refractivity contribution in [2.24, 2.45) is 35.1 Å². The molecule has 6 heteroatoms. The quantitative estimate of drug-likeness (QED) is 0.489. The Morgan fingerprint density at radius 2 is 1.05 bits per heavy atom. The summed E-state index contributed by atoms with van der Waals surface area (Å²) in [4.78, 5) is 20.6. The molecule has 22 heavy (non-hydrogen) atoms. The minimum absolute atomic E-state index is 0.146. The summed E-state index contributed by atoms with van der Waals surface area (Å²) < 4.78 is 0. The van der Waals surface area contributed by atoms with Crippen molar-refractivity contribution >= 4 is 11.9 Å². The molecule has 0 saturated carbocycles. The normalized spacial score (nSPS) is 13.5. The number of hydrogen-bond donors (Lipinski definition) is 4. The molecule has 0 aromatic rings. The Morgan fingerprint density at radius 1 is 0.773 bits per heavy atom. The van der Waals surface area contributed by atoms with Crippen LogP contribution >= 0.6 is 0 Å². The smallest absolute Gasteiger partial charge is 0.303 e. The summed E-state index contributed by atoms with van der Waals surface area (Å²) in [7, 11) is 0. The number of rotatable bonds is 10. The molecule has 0 aromatic carbocycles. The van der Waals surface area contributed by atoms with Crippen LogP contribution in [0.5, 0.6) is 0 Å². The Hall–Kier alpha value is -1.14. The molecule has 132 valence electrons. The van der Waals surface area contributed by atoms with E-state index in [1.54, 1.807) is 0 Å². The van der Waals surface area contributed by atoms with Crippen molar-refractivity contribution in [2.75, 3.05) is 13.1 Å². The van der Waals surface area contributed by atoms with Crippen molar-refractivity contribution in [3.05, 3.63) is 0 Å². The maximum Gasteiger partial charge on any atom is 0.303 e. The highest BCUT2D eigenvalue weighted by molar-refractivity contribution is 5.67. The molecule has 0 spiro atoms. The zero-order valence-electron chi connectivity index (χ0n) is 14.4. The lowest BCUT2D eigenvalue weighted by atomic mass is 9.94. The summed E-state index contributed by atoms with van der Waals surface area (Å²) in [5.41, 5.74) is 10.8. The Morgan fingerprint density at radius 3 is 1.18 bits per heavy atom. The van der Waals surface area contributed by atoms with Crippen molar-refractivity contribution in [1.82, 2.24) is 0 Å². The molecular weight excluding hydrogens is 284 g/mol. The minimum Gasteiger partial charge on any atom is -0.481 e. The third-order valence-corrected chi connectivity index (χ3v) is 3.20. The van der Waals surface area contributed by atoms with Crippen LogP contribution in [0.25, 0.3) is 0 Å². The number of aliphatic carboxylic acids is 2. The second kappa shape index (κ2) is 13.5. The number of carboxylic acid groups (broad SMARTS) is 2. The average Bonchev–Trinajstić information content (AvgIpc) is 2.35. The fraction of sp³-hybridized carbons (Fsp3) is 0.875. The molecule has 0 aromatic heterocycles. The van der Waals surface area contributed by atoms with Gasteiger partial charge < -0.3 is 21.7 Å². The molecule has 0 fully saturated rings. The van der Waals surface area contributed by atoms with Crippen LogP contribution in [0, 0.1) is 23.7 Å². The van der Waals surface area contributed by atoms with Gasteiger partial charge in [0.25, 0.3) is 0 Å². The van der Waals surface area contributed by atoms with Crippen molar-refractivity contribution < 1.29 is 19.8 Å². The lowest BCUT2D eigenvalue weighted by Gasteiger charge is -2.13. The molecule has 0 saturated heterocycles. The van der Waals surface area contributed by atoms with Gasteiger partial charge in [0.05, 0.1) is 0 Å². The van der Waals surface area contributed by atoms with E-state index in [0.29, 0.717) is 24.9 Å². The lowest BCUT2D eigenvalue weighted by Crippen LogP contribution is -2.19. The number of hydrogen-bond acceptors (Lipinski definition) is 4. The first-order valence-electron chi connectivity index (χ1n) is 7.95. The molecular formula is C16H34N2O4. The summed E-state index contributed by atoms with van der Waals surface area (Å²) in [6, 6.07) is 0. The number of carboxylic acids is 2.